The van der Waals surface area contributed by atoms with E-state index in [1.807, 2.05) is 0 Å². The van der Waals surface area contributed by atoms with Gasteiger partial charge in [-0.25, -0.2) is 0 Å². The molecule has 0 aromatic carbocycles. The monoisotopic (exact) mass is 221 g/mol. The summed E-state index contributed by atoms with van der Waals surface area (Å²) in [5.41, 5.74) is 0. The molecule has 3 heteroatoms. The Bertz CT molecular complexity index is 246. The molecule has 16 heavy (non-hydrogen) atoms. The van der Waals surface area contributed by atoms with Crippen LogP contribution in [0.2, 0.25) is 0 Å². The second-order valence-corrected chi connectivity index (χ2v) is 4.99. The molecule has 2 fully saturated rings. The Morgan fingerprint density at radius 1 is 1.31 bits per heavy atom. The predicted molar refractivity (Wildman–Crippen MR) is 67.3 cm³/mol. The number of terminal acetylenes is 1. The largest absolute Gasteiger partial charge is 0.305 e. The van der Waals surface area contributed by atoms with Crippen molar-refractivity contribution in [3.63, 3.8) is 0 Å². The van der Waals surface area contributed by atoms with E-state index in [9.17, 15) is 0 Å². The minimum absolute atomic E-state index is 0.606. The summed E-state index contributed by atoms with van der Waals surface area (Å²) in [6.45, 7) is 8.93. The maximum atomic E-state index is 5.22. The maximum Gasteiger partial charge on any atom is 0.0574 e. The van der Waals surface area contributed by atoms with Gasteiger partial charge in [0, 0.05) is 44.8 Å². The Balaban J connectivity index is 1.65. The summed E-state index contributed by atoms with van der Waals surface area (Å²) in [5.74, 6) is 2.62. The molecule has 0 amide bonds. The van der Waals surface area contributed by atoms with Crippen molar-refractivity contribution in [1.82, 2.24) is 15.1 Å². The Labute approximate surface area is 99.2 Å². The summed E-state index contributed by atoms with van der Waals surface area (Å²) >= 11 is 0. The molecule has 0 radical (unpaired) electrons. The highest BCUT2D eigenvalue weighted by molar-refractivity contribution is 4.90. The fraction of sp³-hybridized carbons (Fsp3) is 0.846. The quantitative estimate of drug-likeness (QED) is 0.535. The van der Waals surface area contributed by atoms with Gasteiger partial charge in [-0.1, -0.05) is 5.92 Å². The van der Waals surface area contributed by atoms with Crippen molar-refractivity contribution in [2.24, 2.45) is 0 Å². The predicted octanol–water partition coefficient (Wildman–Crippen LogP) is 0.378. The lowest BCUT2D eigenvalue weighted by Gasteiger charge is -2.38. The number of rotatable bonds is 5. The number of nitrogens with zero attached hydrogens (tertiary/aromatic N) is 2. The summed E-state index contributed by atoms with van der Waals surface area (Å²) in [5, 5.41) is 3.29. The molecule has 0 aromatic rings. The number of piperazine rings is 1. The lowest BCUT2D eigenvalue weighted by Crippen LogP contribution is -2.52. The Morgan fingerprint density at radius 2 is 2.00 bits per heavy atom. The molecule has 1 saturated heterocycles. The smallest absolute Gasteiger partial charge is 0.0574 e. The van der Waals surface area contributed by atoms with E-state index in [4.69, 9.17) is 6.42 Å². The SMILES string of the molecule is C#CCNCC(C)N1CCN(C2CC2)CC1. The van der Waals surface area contributed by atoms with Gasteiger partial charge in [0.2, 0.25) is 0 Å². The first kappa shape index (κ1) is 11.9. The minimum atomic E-state index is 0.606. The first-order valence-electron chi connectivity index (χ1n) is 6.43. The van der Waals surface area contributed by atoms with Crippen LogP contribution in [-0.2, 0) is 0 Å². The average molecular weight is 221 g/mol. The molecular weight excluding hydrogens is 198 g/mol. The third kappa shape index (κ3) is 3.21. The minimum Gasteiger partial charge on any atom is -0.305 e. The topological polar surface area (TPSA) is 18.5 Å². The van der Waals surface area contributed by atoms with Gasteiger partial charge in [-0.3, -0.25) is 9.80 Å². The summed E-state index contributed by atoms with van der Waals surface area (Å²) in [6.07, 6.45) is 8.08. The van der Waals surface area contributed by atoms with E-state index in [0.29, 0.717) is 12.6 Å². The van der Waals surface area contributed by atoms with Gasteiger partial charge in [-0.15, -0.1) is 6.42 Å². The zero-order valence-corrected chi connectivity index (χ0v) is 10.3. The molecule has 1 saturated carbocycles. The molecule has 2 aliphatic rings. The van der Waals surface area contributed by atoms with E-state index in [1.54, 1.807) is 0 Å². The molecule has 1 N–H and O–H groups in total. The van der Waals surface area contributed by atoms with Crippen LogP contribution in [0.25, 0.3) is 0 Å². The molecule has 3 nitrogen and oxygen atoms in total. The van der Waals surface area contributed by atoms with Crippen LogP contribution in [0, 0.1) is 12.3 Å². The third-order valence-electron chi connectivity index (χ3n) is 3.70. The molecule has 1 atom stereocenters. The molecule has 1 aliphatic heterocycles. The fourth-order valence-electron chi connectivity index (χ4n) is 2.47. The Kier molecular flexibility index (Phi) is 4.22. The second kappa shape index (κ2) is 5.67. The second-order valence-electron chi connectivity index (χ2n) is 4.99. The van der Waals surface area contributed by atoms with Crippen molar-refractivity contribution in [2.75, 3.05) is 39.3 Å². The van der Waals surface area contributed by atoms with Crippen molar-refractivity contribution in [3.8, 4) is 12.3 Å². The first-order chi connectivity index (χ1) is 7.81. The molecule has 1 unspecified atom stereocenters. The molecule has 0 bridgehead atoms. The highest BCUT2D eigenvalue weighted by atomic mass is 15.3. The van der Waals surface area contributed by atoms with E-state index in [0.717, 1.165) is 12.6 Å². The van der Waals surface area contributed by atoms with E-state index in [-0.39, 0.29) is 0 Å². The molecule has 1 aliphatic carbocycles. The molecule has 0 aromatic heterocycles. The highest BCUT2D eigenvalue weighted by Crippen LogP contribution is 2.27. The standard InChI is InChI=1S/C13H23N3/c1-3-6-14-11-12(2)15-7-9-16(10-8-15)13-4-5-13/h1,12-14H,4-11H2,2H3. The van der Waals surface area contributed by atoms with Crippen molar-refractivity contribution < 1.29 is 0 Å². The van der Waals surface area contributed by atoms with Crippen LogP contribution >= 0.6 is 0 Å². The van der Waals surface area contributed by atoms with Crippen LogP contribution in [0.5, 0.6) is 0 Å². The number of nitrogens with one attached hydrogen (secondary N) is 1. The Morgan fingerprint density at radius 3 is 2.56 bits per heavy atom. The summed E-state index contributed by atoms with van der Waals surface area (Å²) in [6, 6.07) is 1.53. The van der Waals surface area contributed by atoms with Crippen LogP contribution in [-0.4, -0.2) is 61.2 Å². The summed E-state index contributed by atoms with van der Waals surface area (Å²) in [4.78, 5) is 5.22. The van der Waals surface area contributed by atoms with E-state index in [2.05, 4.69) is 28.0 Å². The van der Waals surface area contributed by atoms with E-state index in [1.165, 1.54) is 39.0 Å². The zero-order chi connectivity index (χ0) is 11.4. The first-order valence-corrected chi connectivity index (χ1v) is 6.43. The third-order valence-corrected chi connectivity index (χ3v) is 3.70. The van der Waals surface area contributed by atoms with Crippen LogP contribution in [0.3, 0.4) is 0 Å². The lowest BCUT2D eigenvalue weighted by molar-refractivity contribution is 0.0974. The van der Waals surface area contributed by atoms with Gasteiger partial charge < -0.3 is 5.32 Å². The summed E-state index contributed by atoms with van der Waals surface area (Å²) < 4.78 is 0. The van der Waals surface area contributed by atoms with Gasteiger partial charge in [0.15, 0.2) is 0 Å². The van der Waals surface area contributed by atoms with Gasteiger partial charge in [-0.2, -0.15) is 0 Å². The van der Waals surface area contributed by atoms with Crippen molar-refractivity contribution in [1.29, 1.82) is 0 Å². The average Bonchev–Trinajstić information content (AvgIpc) is 3.13. The van der Waals surface area contributed by atoms with Gasteiger partial charge in [-0.05, 0) is 19.8 Å². The van der Waals surface area contributed by atoms with Crippen molar-refractivity contribution >= 4 is 0 Å². The molecule has 0 spiro atoms. The van der Waals surface area contributed by atoms with Gasteiger partial charge in [0.1, 0.15) is 0 Å². The van der Waals surface area contributed by atoms with Gasteiger partial charge >= 0.3 is 0 Å². The van der Waals surface area contributed by atoms with Gasteiger partial charge in [0.05, 0.1) is 6.54 Å². The van der Waals surface area contributed by atoms with Gasteiger partial charge in [0.25, 0.3) is 0 Å². The molecule has 90 valence electrons. The van der Waals surface area contributed by atoms with E-state index < -0.39 is 0 Å². The molecule has 2 rings (SSSR count). The van der Waals surface area contributed by atoms with Crippen LogP contribution < -0.4 is 5.32 Å². The van der Waals surface area contributed by atoms with Crippen LogP contribution in [0.15, 0.2) is 0 Å². The van der Waals surface area contributed by atoms with Crippen molar-refractivity contribution in [2.45, 2.75) is 31.8 Å². The van der Waals surface area contributed by atoms with E-state index >= 15 is 0 Å². The number of hydrogen-bond acceptors (Lipinski definition) is 3. The highest BCUT2D eigenvalue weighted by Gasteiger charge is 2.31. The van der Waals surface area contributed by atoms with Crippen LogP contribution in [0.4, 0.5) is 0 Å². The van der Waals surface area contributed by atoms with Crippen molar-refractivity contribution in [3.05, 3.63) is 0 Å². The zero-order valence-electron chi connectivity index (χ0n) is 10.3. The summed E-state index contributed by atoms with van der Waals surface area (Å²) in [7, 11) is 0. The molecule has 1 heterocycles. The molecular formula is C13H23N3. The number of hydrogen-bond donors (Lipinski definition) is 1. The normalized spacial score (nSPS) is 25.2. The lowest BCUT2D eigenvalue weighted by atomic mass is 10.2. The van der Waals surface area contributed by atoms with Crippen LogP contribution in [0.1, 0.15) is 19.8 Å². The fourth-order valence-corrected chi connectivity index (χ4v) is 2.47. The Hall–Kier alpha value is -0.560. The maximum absolute atomic E-state index is 5.22.